The number of halogens is 3. The lowest BCUT2D eigenvalue weighted by molar-refractivity contribution is -0.385. The van der Waals surface area contributed by atoms with Crippen molar-refractivity contribution in [2.24, 2.45) is 11.8 Å². The van der Waals surface area contributed by atoms with E-state index < -0.39 is 35.4 Å². The van der Waals surface area contributed by atoms with Crippen LogP contribution in [0.4, 0.5) is 18.9 Å². The number of rotatable bonds is 5. The van der Waals surface area contributed by atoms with Gasteiger partial charge in [0, 0.05) is 25.7 Å². The maximum Gasteiger partial charge on any atom is 0.393 e. The normalized spacial score (nSPS) is 21.7. The van der Waals surface area contributed by atoms with Crippen LogP contribution in [0.3, 0.4) is 0 Å². The highest BCUT2D eigenvalue weighted by Crippen LogP contribution is 2.38. The molecule has 0 bridgehead atoms. The quantitative estimate of drug-likeness (QED) is 0.648. The van der Waals surface area contributed by atoms with Crippen LogP contribution in [-0.2, 0) is 11.3 Å². The maximum absolute atomic E-state index is 13.0. The number of nitro groups is 1. The number of aliphatic carboxylic acids is 1. The Hall–Kier alpha value is -2.36. The standard InChI is InChI=1S/C14H15F3N2O5/c1-24-12-3-2-8(4-11(12)19(22)23)5-18-6-9(13(20)21)10(7-18)14(15,16)17/h2-4,9-10H,5-7H2,1H3,(H,20,21)/t9-,10-/m1/s1. The van der Waals surface area contributed by atoms with Crippen molar-refractivity contribution in [3.05, 3.63) is 33.9 Å². The Bertz CT molecular complexity index is 650. The number of carbonyl (C=O) groups is 1. The van der Waals surface area contributed by atoms with E-state index >= 15 is 0 Å². The number of ether oxygens (including phenoxy) is 1. The number of benzene rings is 1. The molecular weight excluding hydrogens is 333 g/mol. The van der Waals surface area contributed by atoms with E-state index in [0.29, 0.717) is 5.56 Å². The van der Waals surface area contributed by atoms with Gasteiger partial charge in [0.15, 0.2) is 5.75 Å². The van der Waals surface area contributed by atoms with Crippen molar-refractivity contribution in [1.29, 1.82) is 0 Å². The van der Waals surface area contributed by atoms with E-state index in [1.165, 1.54) is 30.2 Å². The van der Waals surface area contributed by atoms with Crippen LogP contribution in [0, 0.1) is 22.0 Å². The summed E-state index contributed by atoms with van der Waals surface area (Å²) in [5.41, 5.74) is 0.116. The van der Waals surface area contributed by atoms with Crippen LogP contribution in [0.15, 0.2) is 18.2 Å². The Labute approximate surface area is 134 Å². The van der Waals surface area contributed by atoms with Crippen molar-refractivity contribution in [2.45, 2.75) is 12.7 Å². The smallest absolute Gasteiger partial charge is 0.393 e. The van der Waals surface area contributed by atoms with Gasteiger partial charge in [0.05, 0.1) is 23.9 Å². The molecular formula is C14H15F3N2O5. The fraction of sp³-hybridized carbons (Fsp3) is 0.500. The summed E-state index contributed by atoms with van der Waals surface area (Å²) >= 11 is 0. The number of carboxylic acid groups (broad SMARTS) is 1. The predicted octanol–water partition coefficient (Wildman–Crippen LogP) is 2.30. The first-order valence-electron chi connectivity index (χ1n) is 6.96. The molecule has 1 aromatic carbocycles. The van der Waals surface area contributed by atoms with Crippen molar-refractivity contribution in [3.63, 3.8) is 0 Å². The molecule has 0 saturated carbocycles. The SMILES string of the molecule is COc1ccc(CN2C[C@@H](C(F)(F)F)[C@H](C(=O)O)C2)cc1[N+](=O)[O-]. The number of hydrogen-bond donors (Lipinski definition) is 1. The minimum atomic E-state index is -4.61. The van der Waals surface area contributed by atoms with Crippen molar-refractivity contribution in [3.8, 4) is 5.75 Å². The van der Waals surface area contributed by atoms with Crippen LogP contribution < -0.4 is 4.74 Å². The molecule has 24 heavy (non-hydrogen) atoms. The first-order chi connectivity index (χ1) is 11.1. The predicted molar refractivity (Wildman–Crippen MR) is 75.6 cm³/mol. The number of nitro benzene ring substituents is 1. The molecule has 1 aliphatic heterocycles. The Morgan fingerprint density at radius 2 is 2.12 bits per heavy atom. The van der Waals surface area contributed by atoms with Crippen molar-refractivity contribution < 1.29 is 32.7 Å². The van der Waals surface area contributed by atoms with E-state index in [9.17, 15) is 28.1 Å². The van der Waals surface area contributed by atoms with Gasteiger partial charge >= 0.3 is 17.8 Å². The molecule has 132 valence electrons. The summed E-state index contributed by atoms with van der Waals surface area (Å²) in [4.78, 5) is 22.7. The highest BCUT2D eigenvalue weighted by molar-refractivity contribution is 5.71. The average molecular weight is 348 g/mol. The van der Waals surface area contributed by atoms with Gasteiger partial charge in [-0.05, 0) is 11.6 Å². The number of alkyl halides is 3. The molecule has 1 aliphatic rings. The van der Waals surface area contributed by atoms with Gasteiger partial charge in [0.25, 0.3) is 0 Å². The van der Waals surface area contributed by atoms with Gasteiger partial charge in [-0.15, -0.1) is 0 Å². The molecule has 1 saturated heterocycles. The molecule has 1 N–H and O–H groups in total. The summed E-state index contributed by atoms with van der Waals surface area (Å²) in [7, 11) is 1.27. The van der Waals surface area contributed by atoms with Gasteiger partial charge in [-0.2, -0.15) is 13.2 Å². The van der Waals surface area contributed by atoms with Gasteiger partial charge in [0.2, 0.25) is 0 Å². The molecule has 10 heteroatoms. The lowest BCUT2D eigenvalue weighted by Crippen LogP contribution is -2.33. The van der Waals surface area contributed by atoms with Crippen LogP contribution in [0.5, 0.6) is 5.75 Å². The van der Waals surface area contributed by atoms with Crippen LogP contribution >= 0.6 is 0 Å². The molecule has 1 aromatic rings. The summed E-state index contributed by atoms with van der Waals surface area (Å²) in [6.45, 7) is -0.735. The van der Waals surface area contributed by atoms with E-state index in [1.54, 1.807) is 0 Å². The fourth-order valence-corrected chi connectivity index (χ4v) is 2.83. The zero-order chi connectivity index (χ0) is 18.1. The first-order valence-corrected chi connectivity index (χ1v) is 6.96. The molecule has 0 aromatic heterocycles. The topological polar surface area (TPSA) is 92.9 Å². The first kappa shape index (κ1) is 18.0. The third-order valence-electron chi connectivity index (χ3n) is 3.98. The Kier molecular flexibility index (Phi) is 4.97. The average Bonchev–Trinajstić information content (AvgIpc) is 2.91. The Morgan fingerprint density at radius 3 is 2.58 bits per heavy atom. The second-order valence-electron chi connectivity index (χ2n) is 5.55. The third-order valence-corrected chi connectivity index (χ3v) is 3.98. The Morgan fingerprint density at radius 1 is 1.46 bits per heavy atom. The second-order valence-corrected chi connectivity index (χ2v) is 5.55. The number of nitrogens with zero attached hydrogens (tertiary/aromatic N) is 2. The number of likely N-dealkylation sites (tertiary alicyclic amines) is 1. The van der Waals surface area contributed by atoms with Crippen molar-refractivity contribution in [2.75, 3.05) is 20.2 Å². The lowest BCUT2D eigenvalue weighted by Gasteiger charge is -2.18. The molecule has 0 amide bonds. The van der Waals surface area contributed by atoms with Gasteiger partial charge < -0.3 is 9.84 Å². The molecule has 0 unspecified atom stereocenters. The maximum atomic E-state index is 13.0. The van der Waals surface area contributed by atoms with E-state index in [1.807, 2.05) is 0 Å². The van der Waals surface area contributed by atoms with Crippen LogP contribution in [0.25, 0.3) is 0 Å². The summed E-state index contributed by atoms with van der Waals surface area (Å²) in [5.74, 6) is -4.95. The van der Waals surface area contributed by atoms with Crippen molar-refractivity contribution >= 4 is 11.7 Å². The summed E-state index contributed by atoms with van der Waals surface area (Å²) in [6, 6.07) is 4.08. The molecule has 7 nitrogen and oxygen atoms in total. The molecule has 0 radical (unpaired) electrons. The number of carboxylic acids is 1. The van der Waals surface area contributed by atoms with Gasteiger partial charge in [0.1, 0.15) is 0 Å². The largest absolute Gasteiger partial charge is 0.490 e. The van der Waals surface area contributed by atoms with Crippen LogP contribution in [0.1, 0.15) is 5.56 Å². The van der Waals surface area contributed by atoms with E-state index in [4.69, 9.17) is 9.84 Å². The van der Waals surface area contributed by atoms with Gasteiger partial charge in [-0.1, -0.05) is 6.07 Å². The Balaban J connectivity index is 2.19. The summed E-state index contributed by atoms with van der Waals surface area (Å²) < 4.78 is 43.7. The highest BCUT2D eigenvalue weighted by Gasteiger charge is 2.52. The summed E-state index contributed by atoms with van der Waals surface area (Å²) in [6.07, 6.45) is -4.61. The molecule has 0 spiro atoms. The fourth-order valence-electron chi connectivity index (χ4n) is 2.83. The second kappa shape index (κ2) is 6.63. The van der Waals surface area contributed by atoms with Crippen LogP contribution in [-0.4, -0.2) is 47.3 Å². The zero-order valence-corrected chi connectivity index (χ0v) is 12.6. The molecule has 1 fully saturated rings. The zero-order valence-electron chi connectivity index (χ0n) is 12.6. The minimum absolute atomic E-state index is 0.0127. The number of methoxy groups -OCH3 is 1. The van der Waals surface area contributed by atoms with E-state index in [-0.39, 0.29) is 24.5 Å². The highest BCUT2D eigenvalue weighted by atomic mass is 19.4. The molecule has 2 rings (SSSR count). The van der Waals surface area contributed by atoms with Gasteiger partial charge in [-0.3, -0.25) is 19.8 Å². The van der Waals surface area contributed by atoms with Crippen LogP contribution in [0.2, 0.25) is 0 Å². The van der Waals surface area contributed by atoms with E-state index in [0.717, 1.165) is 0 Å². The third kappa shape index (κ3) is 3.75. The van der Waals surface area contributed by atoms with Gasteiger partial charge in [-0.25, -0.2) is 0 Å². The van der Waals surface area contributed by atoms with Crippen molar-refractivity contribution in [1.82, 2.24) is 4.90 Å². The summed E-state index contributed by atoms with van der Waals surface area (Å²) in [5, 5.41) is 20.0. The van der Waals surface area contributed by atoms with E-state index in [2.05, 4.69) is 0 Å². The monoisotopic (exact) mass is 348 g/mol. The lowest BCUT2D eigenvalue weighted by atomic mass is 9.96. The molecule has 0 aliphatic carbocycles. The minimum Gasteiger partial charge on any atom is -0.490 e. The number of hydrogen-bond acceptors (Lipinski definition) is 5. The molecule has 1 heterocycles. The molecule has 2 atom stereocenters.